The third kappa shape index (κ3) is 3.21. The zero-order valence-electron chi connectivity index (χ0n) is 11.0. The van der Waals surface area contributed by atoms with Gasteiger partial charge in [-0.25, -0.2) is 4.98 Å². The van der Waals surface area contributed by atoms with Crippen LogP contribution in [-0.2, 0) is 6.42 Å². The van der Waals surface area contributed by atoms with Crippen molar-refractivity contribution in [1.82, 2.24) is 4.98 Å². The number of hydrogen-bond donors (Lipinski definition) is 1. The highest BCUT2D eigenvalue weighted by Crippen LogP contribution is 2.33. The second kappa shape index (κ2) is 6.06. The molecule has 0 aliphatic heterocycles. The van der Waals surface area contributed by atoms with Crippen LogP contribution in [0.5, 0.6) is 0 Å². The summed E-state index contributed by atoms with van der Waals surface area (Å²) in [5, 5.41) is 1.98. The van der Waals surface area contributed by atoms with Crippen LogP contribution in [0.15, 0.2) is 48.5 Å². The standard InChI is InChI=1S/C16H12Cl2N2S/c17-12-6-3-5-11(8-12)15-14(21-16(19)20-15)9-10-4-1-2-7-13(10)18/h1-8H,9H2,(H2,19,20). The lowest BCUT2D eigenvalue weighted by molar-refractivity contribution is 1.22. The van der Waals surface area contributed by atoms with Crippen molar-refractivity contribution >= 4 is 39.7 Å². The van der Waals surface area contributed by atoms with Crippen LogP contribution in [0.4, 0.5) is 5.13 Å². The highest BCUT2D eigenvalue weighted by molar-refractivity contribution is 7.15. The fraction of sp³-hybridized carbons (Fsp3) is 0.0625. The van der Waals surface area contributed by atoms with Gasteiger partial charge in [0.25, 0.3) is 0 Å². The minimum atomic E-state index is 0.548. The Morgan fingerprint density at radius 1 is 1.05 bits per heavy atom. The average Bonchev–Trinajstić information content (AvgIpc) is 2.82. The van der Waals surface area contributed by atoms with Crippen LogP contribution in [-0.4, -0.2) is 4.98 Å². The van der Waals surface area contributed by atoms with E-state index in [0.717, 1.165) is 26.7 Å². The molecule has 0 amide bonds. The summed E-state index contributed by atoms with van der Waals surface area (Å²) in [6.45, 7) is 0. The van der Waals surface area contributed by atoms with Crippen molar-refractivity contribution in [3.05, 3.63) is 69.0 Å². The topological polar surface area (TPSA) is 38.9 Å². The van der Waals surface area contributed by atoms with Crippen LogP contribution in [0.3, 0.4) is 0 Å². The molecule has 3 aromatic rings. The van der Waals surface area contributed by atoms with Crippen LogP contribution in [0.1, 0.15) is 10.4 Å². The molecule has 0 saturated heterocycles. The van der Waals surface area contributed by atoms with Gasteiger partial charge in [-0.05, 0) is 23.8 Å². The molecule has 0 atom stereocenters. The first kappa shape index (κ1) is 14.4. The predicted octanol–water partition coefficient (Wildman–Crippen LogP) is 5.29. The number of aromatic nitrogens is 1. The molecular formula is C16H12Cl2N2S. The number of benzene rings is 2. The van der Waals surface area contributed by atoms with Gasteiger partial charge >= 0.3 is 0 Å². The lowest BCUT2D eigenvalue weighted by Crippen LogP contribution is -1.90. The van der Waals surface area contributed by atoms with Crippen molar-refractivity contribution in [2.45, 2.75) is 6.42 Å². The average molecular weight is 335 g/mol. The fourth-order valence-electron chi connectivity index (χ4n) is 2.17. The van der Waals surface area contributed by atoms with Crippen molar-refractivity contribution in [3.8, 4) is 11.3 Å². The Labute approximate surface area is 137 Å². The van der Waals surface area contributed by atoms with Gasteiger partial charge in [0.15, 0.2) is 5.13 Å². The van der Waals surface area contributed by atoms with Crippen LogP contribution in [0.25, 0.3) is 11.3 Å². The molecule has 2 nitrogen and oxygen atoms in total. The summed E-state index contributed by atoms with van der Waals surface area (Å²) in [7, 11) is 0. The Morgan fingerprint density at radius 2 is 1.86 bits per heavy atom. The normalized spacial score (nSPS) is 10.8. The Bertz CT molecular complexity index is 783. The third-order valence-electron chi connectivity index (χ3n) is 3.12. The van der Waals surface area contributed by atoms with E-state index in [1.54, 1.807) is 0 Å². The maximum atomic E-state index is 6.24. The molecule has 1 heterocycles. The summed E-state index contributed by atoms with van der Waals surface area (Å²) in [4.78, 5) is 5.53. The number of rotatable bonds is 3. The van der Waals surface area contributed by atoms with E-state index >= 15 is 0 Å². The summed E-state index contributed by atoms with van der Waals surface area (Å²) in [6.07, 6.45) is 0.705. The van der Waals surface area contributed by atoms with Gasteiger partial charge in [0.2, 0.25) is 0 Å². The summed E-state index contributed by atoms with van der Waals surface area (Å²) in [5.74, 6) is 0. The molecule has 0 radical (unpaired) electrons. The molecule has 0 fully saturated rings. The third-order valence-corrected chi connectivity index (χ3v) is 4.61. The SMILES string of the molecule is Nc1nc(-c2cccc(Cl)c2)c(Cc2ccccc2Cl)s1. The van der Waals surface area contributed by atoms with Gasteiger partial charge < -0.3 is 5.73 Å². The van der Waals surface area contributed by atoms with Crippen LogP contribution >= 0.6 is 34.5 Å². The molecule has 0 spiro atoms. The van der Waals surface area contributed by atoms with Crippen molar-refractivity contribution in [2.75, 3.05) is 5.73 Å². The smallest absolute Gasteiger partial charge is 0.180 e. The number of hydrogen-bond acceptors (Lipinski definition) is 3. The highest BCUT2D eigenvalue weighted by atomic mass is 35.5. The first-order valence-electron chi connectivity index (χ1n) is 6.38. The largest absolute Gasteiger partial charge is 0.375 e. The van der Waals surface area contributed by atoms with E-state index in [4.69, 9.17) is 28.9 Å². The minimum absolute atomic E-state index is 0.548. The van der Waals surface area contributed by atoms with Gasteiger partial charge in [-0.3, -0.25) is 0 Å². The zero-order chi connectivity index (χ0) is 14.8. The summed E-state index contributed by atoms with van der Waals surface area (Å²) in [6, 6.07) is 15.4. The predicted molar refractivity (Wildman–Crippen MR) is 91.2 cm³/mol. The molecule has 5 heteroatoms. The molecule has 2 aromatic carbocycles. The Morgan fingerprint density at radius 3 is 2.62 bits per heavy atom. The lowest BCUT2D eigenvalue weighted by Gasteiger charge is -2.05. The van der Waals surface area contributed by atoms with E-state index in [2.05, 4.69) is 4.98 Å². The van der Waals surface area contributed by atoms with Gasteiger partial charge in [-0.1, -0.05) is 53.5 Å². The van der Waals surface area contributed by atoms with Gasteiger partial charge in [0, 0.05) is 26.9 Å². The molecule has 21 heavy (non-hydrogen) atoms. The highest BCUT2D eigenvalue weighted by Gasteiger charge is 2.13. The van der Waals surface area contributed by atoms with E-state index in [1.165, 1.54) is 11.3 Å². The molecular weight excluding hydrogens is 323 g/mol. The van der Waals surface area contributed by atoms with Crippen molar-refractivity contribution in [1.29, 1.82) is 0 Å². The van der Waals surface area contributed by atoms with E-state index in [9.17, 15) is 0 Å². The molecule has 0 saturated carbocycles. The number of anilines is 1. The van der Waals surface area contributed by atoms with Gasteiger partial charge in [0.1, 0.15) is 0 Å². The van der Waals surface area contributed by atoms with Gasteiger partial charge in [0.05, 0.1) is 5.69 Å². The van der Waals surface area contributed by atoms with E-state index in [1.807, 2.05) is 48.5 Å². The fourth-order valence-corrected chi connectivity index (χ4v) is 3.44. The maximum absolute atomic E-state index is 6.24. The number of nitrogen functional groups attached to an aromatic ring is 1. The number of thiazole rings is 1. The number of nitrogens with two attached hydrogens (primary N) is 1. The van der Waals surface area contributed by atoms with Gasteiger partial charge in [-0.2, -0.15) is 0 Å². The van der Waals surface area contributed by atoms with Crippen LogP contribution < -0.4 is 5.73 Å². The van der Waals surface area contributed by atoms with Gasteiger partial charge in [-0.15, -0.1) is 11.3 Å². The lowest BCUT2D eigenvalue weighted by atomic mass is 10.1. The Hall–Kier alpha value is -1.55. The minimum Gasteiger partial charge on any atom is -0.375 e. The summed E-state index contributed by atoms with van der Waals surface area (Å²) < 4.78 is 0. The molecule has 0 unspecified atom stereocenters. The quantitative estimate of drug-likeness (QED) is 0.706. The Balaban J connectivity index is 2.02. The second-order valence-corrected chi connectivity index (χ2v) is 6.56. The molecule has 106 valence electrons. The van der Waals surface area contributed by atoms with Crippen LogP contribution in [0.2, 0.25) is 10.0 Å². The second-order valence-electron chi connectivity index (χ2n) is 4.60. The van der Waals surface area contributed by atoms with Crippen molar-refractivity contribution < 1.29 is 0 Å². The van der Waals surface area contributed by atoms with Crippen molar-refractivity contribution in [2.24, 2.45) is 0 Å². The molecule has 2 N–H and O–H groups in total. The van der Waals surface area contributed by atoms with Crippen LogP contribution in [0, 0.1) is 0 Å². The molecule has 0 bridgehead atoms. The van der Waals surface area contributed by atoms with E-state index in [0.29, 0.717) is 16.6 Å². The van der Waals surface area contributed by atoms with E-state index in [-0.39, 0.29) is 0 Å². The zero-order valence-corrected chi connectivity index (χ0v) is 13.3. The first-order valence-corrected chi connectivity index (χ1v) is 7.95. The Kier molecular flexibility index (Phi) is 4.15. The number of halogens is 2. The monoisotopic (exact) mass is 334 g/mol. The first-order chi connectivity index (χ1) is 10.1. The maximum Gasteiger partial charge on any atom is 0.180 e. The molecule has 3 rings (SSSR count). The molecule has 0 aliphatic carbocycles. The van der Waals surface area contributed by atoms with E-state index < -0.39 is 0 Å². The van der Waals surface area contributed by atoms with Crippen molar-refractivity contribution in [3.63, 3.8) is 0 Å². The molecule has 1 aromatic heterocycles. The summed E-state index contributed by atoms with van der Waals surface area (Å²) in [5.41, 5.74) is 8.79. The number of nitrogens with zero attached hydrogens (tertiary/aromatic N) is 1. The summed E-state index contributed by atoms with van der Waals surface area (Å²) >= 11 is 13.8. The molecule has 0 aliphatic rings.